The zero-order valence-corrected chi connectivity index (χ0v) is 19.3. The van der Waals surface area contributed by atoms with Gasteiger partial charge in [-0.15, -0.1) is 0 Å². The normalized spacial score (nSPS) is 15.9. The number of nitrogen functional groups attached to an aromatic ring is 1. The maximum Gasteiger partial charge on any atom is 0.254 e. The van der Waals surface area contributed by atoms with Gasteiger partial charge in [0, 0.05) is 18.7 Å². The number of carbonyl (C=O) groups is 2. The van der Waals surface area contributed by atoms with Gasteiger partial charge in [0.2, 0.25) is 5.91 Å². The SMILES string of the molecule is CC(C)C=CC(=O)N1CCC(n2nc(-c3ccc(Oc4ccccc4)cc3)c(C(N)=O)c2N)C1. The van der Waals surface area contributed by atoms with Crippen molar-refractivity contribution >= 4 is 17.6 Å². The van der Waals surface area contributed by atoms with E-state index in [1.807, 2.05) is 62.4 Å². The number of aromatic nitrogens is 2. The molecule has 1 aliphatic rings. The van der Waals surface area contributed by atoms with E-state index in [2.05, 4.69) is 5.10 Å². The Morgan fingerprint density at radius 2 is 1.76 bits per heavy atom. The van der Waals surface area contributed by atoms with Crippen molar-refractivity contribution in [2.24, 2.45) is 11.7 Å². The maximum atomic E-state index is 12.5. The Hall–Kier alpha value is -4.07. The summed E-state index contributed by atoms with van der Waals surface area (Å²) in [6.45, 7) is 5.11. The second-order valence-electron chi connectivity index (χ2n) is 8.69. The standard InChI is InChI=1S/C26H29N5O3/c1-17(2)8-13-22(32)30-15-14-19(16-30)31-25(27)23(26(28)33)24(29-31)18-9-11-21(12-10-18)34-20-6-4-3-5-7-20/h3-13,17,19H,14-16,27H2,1-2H3,(H2,28,33). The summed E-state index contributed by atoms with van der Waals surface area (Å²) in [5, 5.41) is 4.66. The largest absolute Gasteiger partial charge is 0.457 e. The molecule has 1 aromatic heterocycles. The van der Waals surface area contributed by atoms with Gasteiger partial charge in [-0.25, -0.2) is 4.68 Å². The van der Waals surface area contributed by atoms with Crippen LogP contribution in [0.4, 0.5) is 5.82 Å². The number of allylic oxidation sites excluding steroid dienone is 1. The molecule has 0 radical (unpaired) electrons. The van der Waals surface area contributed by atoms with Crippen LogP contribution in [0.2, 0.25) is 0 Å². The number of hydrogen-bond acceptors (Lipinski definition) is 5. The van der Waals surface area contributed by atoms with E-state index in [1.165, 1.54) is 0 Å². The molecule has 2 aromatic carbocycles. The quantitative estimate of drug-likeness (QED) is 0.518. The summed E-state index contributed by atoms with van der Waals surface area (Å²) in [6.07, 6.45) is 4.18. The lowest BCUT2D eigenvalue weighted by Crippen LogP contribution is -2.28. The summed E-state index contributed by atoms with van der Waals surface area (Å²) in [7, 11) is 0. The molecule has 0 bridgehead atoms. The Kier molecular flexibility index (Phi) is 6.67. The number of amides is 2. The first kappa shape index (κ1) is 23.1. The second kappa shape index (κ2) is 9.82. The van der Waals surface area contributed by atoms with Crippen LogP contribution in [0, 0.1) is 5.92 Å². The Labute approximate surface area is 198 Å². The molecule has 2 heterocycles. The van der Waals surface area contributed by atoms with Gasteiger partial charge in [-0.2, -0.15) is 5.10 Å². The van der Waals surface area contributed by atoms with Crippen LogP contribution >= 0.6 is 0 Å². The summed E-state index contributed by atoms with van der Waals surface area (Å²) in [5.41, 5.74) is 13.3. The van der Waals surface area contributed by atoms with Gasteiger partial charge < -0.3 is 21.1 Å². The summed E-state index contributed by atoms with van der Waals surface area (Å²) < 4.78 is 7.47. The minimum atomic E-state index is -0.644. The van der Waals surface area contributed by atoms with Gasteiger partial charge in [-0.3, -0.25) is 9.59 Å². The minimum Gasteiger partial charge on any atom is -0.457 e. The van der Waals surface area contributed by atoms with Gasteiger partial charge >= 0.3 is 0 Å². The Morgan fingerprint density at radius 3 is 2.41 bits per heavy atom. The number of hydrogen-bond donors (Lipinski definition) is 2. The molecular formula is C26H29N5O3. The fourth-order valence-electron chi connectivity index (χ4n) is 4.00. The molecule has 1 saturated heterocycles. The Balaban J connectivity index is 1.57. The summed E-state index contributed by atoms with van der Waals surface area (Å²) >= 11 is 0. The Morgan fingerprint density at radius 1 is 1.09 bits per heavy atom. The van der Waals surface area contributed by atoms with Crippen molar-refractivity contribution in [3.63, 3.8) is 0 Å². The van der Waals surface area contributed by atoms with E-state index in [4.69, 9.17) is 16.2 Å². The van der Waals surface area contributed by atoms with Crippen LogP contribution in [0.5, 0.6) is 11.5 Å². The van der Waals surface area contributed by atoms with E-state index >= 15 is 0 Å². The number of ether oxygens (including phenoxy) is 1. The number of benzene rings is 2. The van der Waals surface area contributed by atoms with Crippen LogP contribution in [0.15, 0.2) is 66.7 Å². The smallest absolute Gasteiger partial charge is 0.254 e. The van der Waals surface area contributed by atoms with E-state index in [9.17, 15) is 9.59 Å². The second-order valence-corrected chi connectivity index (χ2v) is 8.69. The molecular weight excluding hydrogens is 430 g/mol. The number of anilines is 1. The van der Waals surface area contributed by atoms with Gasteiger partial charge in [0.25, 0.3) is 5.91 Å². The molecule has 2 amide bonds. The number of primary amides is 1. The van der Waals surface area contributed by atoms with E-state index in [1.54, 1.807) is 27.8 Å². The van der Waals surface area contributed by atoms with Crippen molar-refractivity contribution in [2.75, 3.05) is 18.8 Å². The number of nitrogens with zero attached hydrogens (tertiary/aromatic N) is 3. The number of carbonyl (C=O) groups excluding carboxylic acids is 2. The van der Waals surface area contributed by atoms with Crippen LogP contribution in [0.1, 0.15) is 36.7 Å². The van der Waals surface area contributed by atoms with Gasteiger partial charge in [0.15, 0.2) is 0 Å². The predicted molar refractivity (Wildman–Crippen MR) is 131 cm³/mol. The van der Waals surface area contributed by atoms with Gasteiger partial charge in [0.1, 0.15) is 28.6 Å². The Bertz CT molecular complexity index is 1200. The molecule has 0 spiro atoms. The van der Waals surface area contributed by atoms with Crippen molar-refractivity contribution in [3.8, 4) is 22.8 Å². The maximum absolute atomic E-state index is 12.5. The average Bonchev–Trinajstić information content (AvgIpc) is 3.43. The van der Waals surface area contributed by atoms with Crippen molar-refractivity contribution in [2.45, 2.75) is 26.3 Å². The predicted octanol–water partition coefficient (Wildman–Crippen LogP) is 4.01. The van der Waals surface area contributed by atoms with Crippen LogP contribution in [-0.2, 0) is 4.79 Å². The lowest BCUT2D eigenvalue weighted by Gasteiger charge is -2.15. The fraction of sp³-hybridized carbons (Fsp3) is 0.269. The summed E-state index contributed by atoms with van der Waals surface area (Å²) in [6, 6.07) is 16.6. The van der Waals surface area contributed by atoms with Crippen molar-refractivity contribution in [1.82, 2.24) is 14.7 Å². The van der Waals surface area contributed by atoms with E-state index in [0.717, 1.165) is 5.75 Å². The number of para-hydroxylation sites is 1. The average molecular weight is 460 g/mol. The molecule has 0 saturated carbocycles. The molecule has 4 N–H and O–H groups in total. The highest BCUT2D eigenvalue weighted by Crippen LogP contribution is 2.33. The molecule has 4 rings (SSSR count). The topological polar surface area (TPSA) is 116 Å². The monoisotopic (exact) mass is 459 g/mol. The first-order chi connectivity index (χ1) is 16.3. The number of rotatable bonds is 7. The highest BCUT2D eigenvalue weighted by molar-refractivity contribution is 6.03. The zero-order chi connectivity index (χ0) is 24.2. The first-order valence-electron chi connectivity index (χ1n) is 11.3. The van der Waals surface area contributed by atoms with Crippen LogP contribution in [0.3, 0.4) is 0 Å². The number of nitrogens with two attached hydrogens (primary N) is 2. The molecule has 1 aliphatic heterocycles. The lowest BCUT2D eigenvalue weighted by molar-refractivity contribution is -0.125. The van der Waals surface area contributed by atoms with Crippen LogP contribution in [-0.4, -0.2) is 39.6 Å². The van der Waals surface area contributed by atoms with Crippen LogP contribution in [0.25, 0.3) is 11.3 Å². The molecule has 0 aliphatic carbocycles. The van der Waals surface area contributed by atoms with Gasteiger partial charge in [0.05, 0.1) is 6.04 Å². The van der Waals surface area contributed by atoms with Crippen molar-refractivity contribution in [3.05, 3.63) is 72.3 Å². The summed E-state index contributed by atoms with van der Waals surface area (Å²) in [5.74, 6) is 1.21. The van der Waals surface area contributed by atoms with E-state index in [0.29, 0.717) is 42.4 Å². The minimum absolute atomic E-state index is 0.0359. The van der Waals surface area contributed by atoms with Crippen LogP contribution < -0.4 is 16.2 Å². The third-order valence-electron chi connectivity index (χ3n) is 5.75. The molecule has 8 heteroatoms. The molecule has 1 atom stereocenters. The molecule has 3 aromatic rings. The highest BCUT2D eigenvalue weighted by atomic mass is 16.5. The van der Waals surface area contributed by atoms with Crippen molar-refractivity contribution in [1.29, 1.82) is 0 Å². The van der Waals surface area contributed by atoms with Crippen molar-refractivity contribution < 1.29 is 14.3 Å². The molecule has 34 heavy (non-hydrogen) atoms. The third kappa shape index (κ3) is 4.96. The third-order valence-corrected chi connectivity index (χ3v) is 5.75. The highest BCUT2D eigenvalue weighted by Gasteiger charge is 2.31. The fourth-order valence-corrected chi connectivity index (χ4v) is 4.00. The molecule has 176 valence electrons. The van der Waals surface area contributed by atoms with Gasteiger partial charge in [-0.1, -0.05) is 38.1 Å². The zero-order valence-electron chi connectivity index (χ0n) is 19.3. The first-order valence-corrected chi connectivity index (χ1v) is 11.3. The summed E-state index contributed by atoms with van der Waals surface area (Å²) in [4.78, 5) is 26.5. The number of likely N-dealkylation sites (tertiary alicyclic amines) is 1. The lowest BCUT2D eigenvalue weighted by atomic mass is 10.1. The van der Waals surface area contributed by atoms with E-state index in [-0.39, 0.29) is 23.3 Å². The molecule has 1 unspecified atom stereocenters. The molecule has 8 nitrogen and oxygen atoms in total. The molecule has 1 fully saturated rings. The van der Waals surface area contributed by atoms with Gasteiger partial charge in [-0.05, 0) is 54.8 Å². The van der Waals surface area contributed by atoms with E-state index < -0.39 is 5.91 Å².